The Balaban J connectivity index is 1.08. The van der Waals surface area contributed by atoms with Crippen LogP contribution in [0.3, 0.4) is 0 Å². The molecule has 75 heavy (non-hydrogen) atoms. The molecule has 2 nitrogen and oxygen atoms in total. The van der Waals surface area contributed by atoms with Crippen LogP contribution in [0.2, 0.25) is 0 Å². The Kier molecular flexibility index (Phi) is 10.6. The van der Waals surface area contributed by atoms with E-state index in [4.69, 9.17) is 4.74 Å². The quantitative estimate of drug-likeness (QED) is 0.117. The topological polar surface area (TPSA) is 12.5 Å². The van der Waals surface area contributed by atoms with Crippen LogP contribution in [0.1, 0.15) is 26.3 Å². The highest BCUT2D eigenvalue weighted by Gasteiger charge is 2.44. The van der Waals surface area contributed by atoms with E-state index in [1.165, 1.54) is 71.3 Å². The van der Waals surface area contributed by atoms with Gasteiger partial charge in [-0.3, -0.25) is 0 Å². The number of benzene rings is 12. The van der Waals surface area contributed by atoms with E-state index < -0.39 is 0 Å². The third-order valence-corrected chi connectivity index (χ3v) is 15.7. The Bertz CT molecular complexity index is 4110. The first-order valence-electron chi connectivity index (χ1n) is 26.2. The third kappa shape index (κ3) is 7.49. The van der Waals surface area contributed by atoms with Crippen molar-refractivity contribution in [3.8, 4) is 78.3 Å². The minimum absolute atomic E-state index is 0.0944. The predicted octanol–water partition coefficient (Wildman–Crippen LogP) is 17.7. The molecule has 0 unspecified atom stereocenters. The van der Waals surface area contributed by atoms with Gasteiger partial charge in [-0.25, -0.2) is 0 Å². The minimum Gasteiger partial charge on any atom is -0.458 e. The van der Waals surface area contributed by atoms with Crippen LogP contribution in [-0.2, 0) is 5.41 Å². The molecule has 14 rings (SSSR count). The van der Waals surface area contributed by atoms with Gasteiger partial charge in [-0.1, -0.05) is 251 Å². The summed E-state index contributed by atoms with van der Waals surface area (Å²) in [6.45, 7) is 6.84. The summed E-state index contributed by atoms with van der Waals surface area (Å²) < 4.78 is 7.28. The molecule has 0 radical (unpaired) electrons. The van der Waals surface area contributed by atoms with Crippen LogP contribution in [0.4, 0.5) is 17.1 Å². The molecule has 2 aliphatic rings. The molecule has 0 fully saturated rings. The van der Waals surface area contributed by atoms with Crippen molar-refractivity contribution in [2.24, 2.45) is 0 Å². The lowest BCUT2D eigenvalue weighted by Gasteiger charge is -2.42. The van der Waals surface area contributed by atoms with E-state index in [-0.39, 0.29) is 12.1 Å². The summed E-state index contributed by atoms with van der Waals surface area (Å²) in [6.07, 6.45) is 0. The van der Waals surface area contributed by atoms with Crippen LogP contribution in [0, 0.1) is 0 Å². The average Bonchev–Trinajstić information content (AvgIpc) is 3.54. The van der Waals surface area contributed by atoms with Crippen LogP contribution in [0.15, 0.2) is 261 Å². The van der Waals surface area contributed by atoms with Gasteiger partial charge in [0.25, 0.3) is 6.71 Å². The monoisotopic (exact) mass is 957 g/mol. The van der Waals surface area contributed by atoms with Crippen molar-refractivity contribution in [1.82, 2.24) is 0 Å². The number of nitrogens with zero attached hydrogens (tertiary/aromatic N) is 1. The molecule has 2 heterocycles. The molecule has 0 amide bonds. The number of hydrogen-bond acceptors (Lipinski definition) is 2. The standard InChI is InChI=1S/C72H52BNO/c1-72(2,3)55-45-65-70-67(46-55)75-66-44-54(47-22-9-4-10-23-47)38-41-63(66)73(70)62-40-37-53(43-64(62)74(65)71-56(48-24-11-5-12-25-48)34-21-35-57(71)49-26-13-6-14-27-49)52-36-39-60-61(42-52)69(51-30-17-8-18-31-51)59-33-20-19-32-58(59)68(60)50-28-15-7-16-29-50/h4-46H,1-3H3. The lowest BCUT2D eigenvalue weighted by molar-refractivity contribution is 0.483. The maximum Gasteiger partial charge on any atom is 0.256 e. The minimum atomic E-state index is -0.185. The molecule has 0 saturated heterocycles. The van der Waals surface area contributed by atoms with E-state index >= 15 is 0 Å². The largest absolute Gasteiger partial charge is 0.458 e. The van der Waals surface area contributed by atoms with Crippen LogP contribution < -0.4 is 26.0 Å². The molecule has 12 aromatic rings. The summed E-state index contributed by atoms with van der Waals surface area (Å²) >= 11 is 0. The van der Waals surface area contributed by atoms with Crippen LogP contribution in [0.5, 0.6) is 11.5 Å². The Hall–Kier alpha value is -9.18. The van der Waals surface area contributed by atoms with Gasteiger partial charge in [-0.2, -0.15) is 0 Å². The van der Waals surface area contributed by atoms with Crippen molar-refractivity contribution < 1.29 is 4.74 Å². The second kappa shape index (κ2) is 17.8. The number of rotatable bonds is 7. The fraction of sp³-hybridized carbons (Fsp3) is 0.0556. The van der Waals surface area contributed by atoms with E-state index in [0.717, 1.165) is 67.5 Å². The number of fused-ring (bicyclic) bond motifs is 6. The summed E-state index contributed by atoms with van der Waals surface area (Å²) in [5, 5.41) is 4.95. The molecule has 354 valence electrons. The van der Waals surface area contributed by atoms with Crippen LogP contribution >= 0.6 is 0 Å². The zero-order valence-electron chi connectivity index (χ0n) is 42.3. The maximum atomic E-state index is 7.28. The molecular formula is C72H52BNO. The highest BCUT2D eigenvalue weighted by atomic mass is 16.5. The van der Waals surface area contributed by atoms with Gasteiger partial charge in [0.1, 0.15) is 11.5 Å². The fourth-order valence-electron chi connectivity index (χ4n) is 12.1. The Morgan fingerprint density at radius 1 is 0.333 bits per heavy atom. The second-order valence-electron chi connectivity index (χ2n) is 21.1. The summed E-state index contributed by atoms with van der Waals surface area (Å²) in [4.78, 5) is 2.60. The van der Waals surface area contributed by atoms with Crippen molar-refractivity contribution in [2.75, 3.05) is 4.90 Å². The van der Waals surface area contributed by atoms with Crippen molar-refractivity contribution in [3.63, 3.8) is 0 Å². The lowest BCUT2D eigenvalue weighted by atomic mass is 9.34. The van der Waals surface area contributed by atoms with E-state index in [9.17, 15) is 0 Å². The maximum absolute atomic E-state index is 7.28. The molecule has 0 N–H and O–H groups in total. The molecule has 2 aliphatic heterocycles. The SMILES string of the molecule is CC(C)(C)c1cc2c3c(c1)N(c1c(-c4ccccc4)cccc1-c1ccccc1)c1cc(-c4ccc5c(-c6ccccc6)c6ccccc6c(-c6ccccc6)c5c4)ccc1B3c1ccc(-c3ccccc3)cc1O2. The molecule has 12 aromatic carbocycles. The molecule has 0 aliphatic carbocycles. The van der Waals surface area contributed by atoms with Crippen molar-refractivity contribution in [3.05, 3.63) is 266 Å². The van der Waals surface area contributed by atoms with Gasteiger partial charge in [0.05, 0.1) is 5.69 Å². The Morgan fingerprint density at radius 3 is 1.37 bits per heavy atom. The van der Waals surface area contributed by atoms with Gasteiger partial charge >= 0.3 is 0 Å². The average molecular weight is 958 g/mol. The Labute approximate surface area is 439 Å². The number of ether oxygens (including phenoxy) is 1. The van der Waals surface area contributed by atoms with E-state index in [1.807, 2.05) is 0 Å². The van der Waals surface area contributed by atoms with Crippen molar-refractivity contribution in [2.45, 2.75) is 26.2 Å². The molecule has 0 atom stereocenters. The van der Waals surface area contributed by atoms with Crippen LogP contribution in [0.25, 0.3) is 88.3 Å². The molecule has 0 saturated carbocycles. The van der Waals surface area contributed by atoms with Gasteiger partial charge in [0.15, 0.2) is 0 Å². The zero-order chi connectivity index (χ0) is 50.2. The van der Waals surface area contributed by atoms with E-state index in [2.05, 4.69) is 287 Å². The second-order valence-corrected chi connectivity index (χ2v) is 21.1. The van der Waals surface area contributed by atoms with Gasteiger partial charge < -0.3 is 9.64 Å². The Morgan fingerprint density at radius 2 is 0.800 bits per heavy atom. The summed E-state index contributed by atoms with van der Waals surface area (Å²) in [5.41, 5.74) is 22.2. The van der Waals surface area contributed by atoms with E-state index in [1.54, 1.807) is 0 Å². The first kappa shape index (κ1) is 44.5. The van der Waals surface area contributed by atoms with Gasteiger partial charge in [-0.15, -0.1) is 0 Å². The van der Waals surface area contributed by atoms with Crippen molar-refractivity contribution >= 4 is 61.7 Å². The van der Waals surface area contributed by atoms with E-state index in [0.29, 0.717) is 0 Å². The third-order valence-electron chi connectivity index (χ3n) is 15.7. The zero-order valence-corrected chi connectivity index (χ0v) is 42.3. The molecule has 0 spiro atoms. The summed E-state index contributed by atoms with van der Waals surface area (Å²) in [7, 11) is 0. The first-order valence-corrected chi connectivity index (χ1v) is 26.2. The molecule has 0 bridgehead atoms. The molecular weight excluding hydrogens is 906 g/mol. The first-order chi connectivity index (χ1) is 36.9. The number of para-hydroxylation sites is 1. The number of anilines is 3. The fourth-order valence-corrected chi connectivity index (χ4v) is 12.1. The molecule has 3 heteroatoms. The highest BCUT2D eigenvalue weighted by molar-refractivity contribution is 6.99. The summed E-state index contributed by atoms with van der Waals surface area (Å²) in [6, 6.07) is 96.1. The smallest absolute Gasteiger partial charge is 0.256 e. The predicted molar refractivity (Wildman–Crippen MR) is 319 cm³/mol. The van der Waals surface area contributed by atoms with Gasteiger partial charge in [0, 0.05) is 22.5 Å². The normalized spacial score (nSPS) is 12.5. The molecule has 0 aromatic heterocycles. The number of hydrogen-bond donors (Lipinski definition) is 0. The van der Waals surface area contributed by atoms with Crippen molar-refractivity contribution in [1.29, 1.82) is 0 Å². The highest BCUT2D eigenvalue weighted by Crippen LogP contribution is 2.51. The van der Waals surface area contributed by atoms with Crippen LogP contribution in [-0.4, -0.2) is 6.71 Å². The summed E-state index contributed by atoms with van der Waals surface area (Å²) in [5.74, 6) is 1.80. The lowest BCUT2D eigenvalue weighted by Crippen LogP contribution is -2.59. The van der Waals surface area contributed by atoms with Gasteiger partial charge in [-0.05, 0) is 135 Å². The van der Waals surface area contributed by atoms with Gasteiger partial charge in [0.2, 0.25) is 0 Å².